The van der Waals surface area contributed by atoms with E-state index in [9.17, 15) is 4.79 Å². The lowest BCUT2D eigenvalue weighted by molar-refractivity contribution is 0.0630. The van der Waals surface area contributed by atoms with Crippen molar-refractivity contribution in [1.82, 2.24) is 4.90 Å². The maximum absolute atomic E-state index is 12.3. The topological polar surface area (TPSA) is 29.5 Å². The summed E-state index contributed by atoms with van der Waals surface area (Å²) in [5.74, 6) is 0.0269. The normalized spacial score (nSPS) is 18.5. The maximum Gasteiger partial charge on any atom is 0.255 e. The van der Waals surface area contributed by atoms with Gasteiger partial charge in [0.2, 0.25) is 0 Å². The summed E-state index contributed by atoms with van der Waals surface area (Å²) >= 11 is 0. The molecule has 96 valence electrons. The van der Waals surface area contributed by atoms with Crippen molar-refractivity contribution in [1.29, 1.82) is 0 Å². The SMILES string of the molecule is O=C(c1ccccc1)N1COC(c2ccccc2)C1. The zero-order valence-electron chi connectivity index (χ0n) is 10.5. The van der Waals surface area contributed by atoms with Gasteiger partial charge in [0.1, 0.15) is 12.8 Å². The highest BCUT2D eigenvalue weighted by molar-refractivity contribution is 5.94. The fourth-order valence-electron chi connectivity index (χ4n) is 2.26. The van der Waals surface area contributed by atoms with Gasteiger partial charge in [-0.2, -0.15) is 0 Å². The van der Waals surface area contributed by atoms with Crippen LogP contribution in [-0.2, 0) is 4.74 Å². The second-order valence-corrected chi connectivity index (χ2v) is 4.59. The lowest BCUT2D eigenvalue weighted by Gasteiger charge is -2.14. The fourth-order valence-corrected chi connectivity index (χ4v) is 2.26. The maximum atomic E-state index is 12.3. The minimum Gasteiger partial charge on any atom is -0.351 e. The van der Waals surface area contributed by atoms with Crippen molar-refractivity contribution in [3.05, 3.63) is 71.8 Å². The molecule has 2 aromatic rings. The molecular formula is C16H15NO2. The van der Waals surface area contributed by atoms with E-state index in [-0.39, 0.29) is 12.0 Å². The van der Waals surface area contributed by atoms with Crippen molar-refractivity contribution >= 4 is 5.91 Å². The van der Waals surface area contributed by atoms with Gasteiger partial charge in [-0.05, 0) is 17.7 Å². The van der Waals surface area contributed by atoms with Crippen molar-refractivity contribution in [2.75, 3.05) is 13.3 Å². The van der Waals surface area contributed by atoms with Crippen LogP contribution in [0.15, 0.2) is 60.7 Å². The fraction of sp³-hybridized carbons (Fsp3) is 0.188. The number of benzene rings is 2. The summed E-state index contributed by atoms with van der Waals surface area (Å²) in [6.45, 7) is 0.963. The third-order valence-electron chi connectivity index (χ3n) is 3.30. The second-order valence-electron chi connectivity index (χ2n) is 4.59. The van der Waals surface area contributed by atoms with E-state index in [0.29, 0.717) is 18.8 Å². The number of hydrogen-bond donors (Lipinski definition) is 0. The first-order valence-electron chi connectivity index (χ1n) is 6.35. The zero-order chi connectivity index (χ0) is 13.1. The average Bonchev–Trinajstić information content (AvgIpc) is 2.98. The summed E-state index contributed by atoms with van der Waals surface area (Å²) in [7, 11) is 0. The summed E-state index contributed by atoms with van der Waals surface area (Å²) in [4.78, 5) is 14.0. The molecule has 0 N–H and O–H groups in total. The summed E-state index contributed by atoms with van der Waals surface area (Å²) in [5, 5.41) is 0. The Bertz CT molecular complexity index is 553. The third-order valence-corrected chi connectivity index (χ3v) is 3.30. The van der Waals surface area contributed by atoms with Crippen LogP contribution in [-0.4, -0.2) is 24.1 Å². The van der Waals surface area contributed by atoms with E-state index in [4.69, 9.17) is 4.74 Å². The van der Waals surface area contributed by atoms with Gasteiger partial charge in [-0.15, -0.1) is 0 Å². The Balaban J connectivity index is 1.71. The van der Waals surface area contributed by atoms with Gasteiger partial charge in [0.05, 0.1) is 6.54 Å². The van der Waals surface area contributed by atoms with E-state index in [2.05, 4.69) is 0 Å². The second kappa shape index (κ2) is 5.24. The number of carbonyl (C=O) groups is 1. The first-order valence-corrected chi connectivity index (χ1v) is 6.35. The van der Waals surface area contributed by atoms with E-state index in [0.717, 1.165) is 5.56 Å². The van der Waals surface area contributed by atoms with Crippen LogP contribution in [0.25, 0.3) is 0 Å². The van der Waals surface area contributed by atoms with Crippen LogP contribution < -0.4 is 0 Å². The van der Waals surface area contributed by atoms with Crippen LogP contribution in [0.2, 0.25) is 0 Å². The molecule has 0 radical (unpaired) electrons. The summed E-state index contributed by atoms with van der Waals surface area (Å²) in [6, 6.07) is 19.3. The third kappa shape index (κ3) is 2.51. The highest BCUT2D eigenvalue weighted by atomic mass is 16.5. The largest absolute Gasteiger partial charge is 0.351 e. The summed E-state index contributed by atoms with van der Waals surface area (Å²) < 4.78 is 5.70. The molecule has 1 aliphatic rings. The number of nitrogens with zero attached hydrogens (tertiary/aromatic N) is 1. The van der Waals surface area contributed by atoms with Crippen LogP contribution >= 0.6 is 0 Å². The molecule has 19 heavy (non-hydrogen) atoms. The number of carbonyl (C=O) groups excluding carboxylic acids is 1. The highest BCUT2D eigenvalue weighted by Gasteiger charge is 2.28. The Morgan fingerprint density at radius 3 is 2.32 bits per heavy atom. The van der Waals surface area contributed by atoms with Gasteiger partial charge < -0.3 is 9.64 Å². The molecule has 1 amide bonds. The van der Waals surface area contributed by atoms with E-state index >= 15 is 0 Å². The number of amides is 1. The van der Waals surface area contributed by atoms with Crippen LogP contribution in [0.4, 0.5) is 0 Å². The Kier molecular flexibility index (Phi) is 3.29. The average molecular weight is 253 g/mol. The molecule has 3 heteroatoms. The zero-order valence-corrected chi connectivity index (χ0v) is 10.5. The highest BCUT2D eigenvalue weighted by Crippen LogP contribution is 2.25. The van der Waals surface area contributed by atoms with E-state index in [1.807, 2.05) is 60.7 Å². The molecule has 0 spiro atoms. The molecule has 2 aromatic carbocycles. The minimum absolute atomic E-state index is 0.0196. The van der Waals surface area contributed by atoms with Gasteiger partial charge in [0.15, 0.2) is 0 Å². The minimum atomic E-state index is -0.0196. The van der Waals surface area contributed by atoms with Gasteiger partial charge in [0.25, 0.3) is 5.91 Å². The Morgan fingerprint density at radius 1 is 1.00 bits per heavy atom. The first kappa shape index (κ1) is 11.9. The molecule has 3 nitrogen and oxygen atoms in total. The molecule has 0 aromatic heterocycles. The molecule has 1 fully saturated rings. The van der Waals surface area contributed by atoms with Crippen LogP contribution in [0, 0.1) is 0 Å². The van der Waals surface area contributed by atoms with Crippen molar-refractivity contribution in [2.45, 2.75) is 6.10 Å². The van der Waals surface area contributed by atoms with Crippen molar-refractivity contribution in [2.24, 2.45) is 0 Å². The number of hydrogen-bond acceptors (Lipinski definition) is 2. The van der Waals surface area contributed by atoms with E-state index in [1.165, 1.54) is 0 Å². The van der Waals surface area contributed by atoms with Gasteiger partial charge in [-0.3, -0.25) is 4.79 Å². The number of ether oxygens (including phenoxy) is 1. The van der Waals surface area contributed by atoms with Gasteiger partial charge in [0, 0.05) is 5.56 Å². The van der Waals surface area contributed by atoms with Crippen LogP contribution in [0.5, 0.6) is 0 Å². The lowest BCUT2D eigenvalue weighted by atomic mass is 10.1. The molecule has 0 bridgehead atoms. The van der Waals surface area contributed by atoms with E-state index in [1.54, 1.807) is 4.90 Å². The van der Waals surface area contributed by atoms with Gasteiger partial charge in [-0.1, -0.05) is 48.5 Å². The molecule has 1 heterocycles. The van der Waals surface area contributed by atoms with Crippen LogP contribution in [0.1, 0.15) is 22.0 Å². The predicted molar refractivity (Wildman–Crippen MR) is 72.6 cm³/mol. The van der Waals surface area contributed by atoms with Crippen molar-refractivity contribution in [3.63, 3.8) is 0 Å². The molecule has 1 aliphatic heterocycles. The molecule has 0 saturated carbocycles. The molecule has 1 saturated heterocycles. The molecule has 1 atom stereocenters. The van der Waals surface area contributed by atoms with Crippen LogP contribution in [0.3, 0.4) is 0 Å². The Labute approximate surface area is 112 Å². The molecule has 3 rings (SSSR count). The summed E-state index contributed by atoms with van der Waals surface area (Å²) in [6.07, 6.45) is -0.0196. The smallest absolute Gasteiger partial charge is 0.255 e. The van der Waals surface area contributed by atoms with Gasteiger partial charge >= 0.3 is 0 Å². The summed E-state index contributed by atoms with van der Waals surface area (Å²) in [5.41, 5.74) is 1.82. The quantitative estimate of drug-likeness (QED) is 0.823. The molecule has 0 aliphatic carbocycles. The first-order chi connectivity index (χ1) is 9.34. The molecular weight excluding hydrogens is 238 g/mol. The van der Waals surface area contributed by atoms with E-state index < -0.39 is 0 Å². The van der Waals surface area contributed by atoms with Crippen molar-refractivity contribution in [3.8, 4) is 0 Å². The monoisotopic (exact) mass is 253 g/mol. The molecule has 1 unspecified atom stereocenters. The predicted octanol–water partition coefficient (Wildman–Crippen LogP) is 2.86. The van der Waals surface area contributed by atoms with Crippen molar-refractivity contribution < 1.29 is 9.53 Å². The lowest BCUT2D eigenvalue weighted by Crippen LogP contribution is -2.28. The Hall–Kier alpha value is -2.13. The standard InChI is InChI=1S/C16H15NO2/c18-16(14-9-5-2-6-10-14)17-11-15(19-12-17)13-7-3-1-4-8-13/h1-10,15H,11-12H2. The number of rotatable bonds is 2. The Morgan fingerprint density at radius 2 is 1.63 bits per heavy atom. The van der Waals surface area contributed by atoms with Gasteiger partial charge in [-0.25, -0.2) is 0 Å².